The van der Waals surface area contributed by atoms with Crippen LogP contribution in [0.3, 0.4) is 0 Å². The van der Waals surface area contributed by atoms with Gasteiger partial charge in [0, 0.05) is 11.5 Å². The zero-order chi connectivity index (χ0) is 9.84. The molecule has 1 aromatic rings. The highest BCUT2D eigenvalue weighted by Crippen LogP contribution is 2.29. The minimum Gasteiger partial charge on any atom is -0.377 e. The fraction of sp³-hybridized carbons (Fsp3) is 0.556. The summed E-state index contributed by atoms with van der Waals surface area (Å²) in [5.41, 5.74) is 5.97. The van der Waals surface area contributed by atoms with E-state index in [2.05, 4.69) is 0 Å². The first kappa shape index (κ1) is 11.0. The highest BCUT2D eigenvalue weighted by atomic mass is 35.5. The Morgan fingerprint density at radius 1 is 1.69 bits per heavy atom. The molecule has 1 rings (SSSR count). The van der Waals surface area contributed by atoms with Crippen molar-refractivity contribution in [2.75, 3.05) is 6.61 Å². The minimum absolute atomic E-state index is 0.0150. The van der Waals surface area contributed by atoms with E-state index in [0.29, 0.717) is 6.61 Å². The summed E-state index contributed by atoms with van der Waals surface area (Å²) in [7, 11) is 0. The number of rotatable bonds is 4. The first-order valence-corrected chi connectivity index (χ1v) is 5.52. The van der Waals surface area contributed by atoms with E-state index in [1.165, 1.54) is 0 Å². The summed E-state index contributed by atoms with van der Waals surface area (Å²) in [6, 6.07) is 1.74. The number of halogens is 1. The van der Waals surface area contributed by atoms with Crippen molar-refractivity contribution >= 4 is 22.9 Å². The fourth-order valence-corrected chi connectivity index (χ4v) is 2.40. The first-order valence-electron chi connectivity index (χ1n) is 4.26. The third-order valence-electron chi connectivity index (χ3n) is 1.88. The maximum atomic E-state index is 5.97. The number of nitrogens with two attached hydrogens (primary N) is 1. The van der Waals surface area contributed by atoms with Gasteiger partial charge in [-0.05, 0) is 25.3 Å². The van der Waals surface area contributed by atoms with Gasteiger partial charge in [0.1, 0.15) is 0 Å². The van der Waals surface area contributed by atoms with E-state index in [1.54, 1.807) is 11.3 Å². The van der Waals surface area contributed by atoms with E-state index >= 15 is 0 Å². The minimum atomic E-state index is -0.118. The van der Waals surface area contributed by atoms with Gasteiger partial charge in [0.15, 0.2) is 0 Å². The van der Waals surface area contributed by atoms with Gasteiger partial charge in [-0.15, -0.1) is 11.3 Å². The van der Waals surface area contributed by atoms with Crippen LogP contribution in [-0.2, 0) is 4.74 Å². The van der Waals surface area contributed by atoms with Crippen molar-refractivity contribution in [2.45, 2.75) is 26.0 Å². The molecule has 0 saturated heterocycles. The highest BCUT2D eigenvalue weighted by Gasteiger charge is 2.18. The van der Waals surface area contributed by atoms with Gasteiger partial charge in [0.05, 0.1) is 17.2 Å². The summed E-state index contributed by atoms with van der Waals surface area (Å²) >= 11 is 7.53. The molecule has 0 aliphatic heterocycles. The lowest BCUT2D eigenvalue weighted by molar-refractivity contribution is 0.0583. The van der Waals surface area contributed by atoms with Gasteiger partial charge in [0.25, 0.3) is 0 Å². The average molecular weight is 220 g/mol. The predicted molar refractivity (Wildman–Crippen MR) is 57.3 cm³/mol. The summed E-state index contributed by atoms with van der Waals surface area (Å²) in [6.07, 6.45) is 0.0150. The topological polar surface area (TPSA) is 35.2 Å². The lowest BCUT2D eigenvalue weighted by Gasteiger charge is -2.18. The summed E-state index contributed by atoms with van der Waals surface area (Å²) in [6.45, 7) is 4.60. The van der Waals surface area contributed by atoms with Gasteiger partial charge in [0.2, 0.25) is 0 Å². The quantitative estimate of drug-likeness (QED) is 0.845. The largest absolute Gasteiger partial charge is 0.377 e. The molecule has 0 aliphatic rings. The van der Waals surface area contributed by atoms with Crippen LogP contribution < -0.4 is 5.73 Å². The summed E-state index contributed by atoms with van der Waals surface area (Å²) in [4.78, 5) is 1.00. The molecule has 0 fully saturated rings. The number of thiophene rings is 1. The van der Waals surface area contributed by atoms with Crippen molar-refractivity contribution in [2.24, 2.45) is 5.73 Å². The second-order valence-electron chi connectivity index (χ2n) is 2.82. The summed E-state index contributed by atoms with van der Waals surface area (Å²) in [5.74, 6) is 0. The second-order valence-corrected chi connectivity index (χ2v) is 4.17. The van der Waals surface area contributed by atoms with E-state index < -0.39 is 0 Å². The van der Waals surface area contributed by atoms with E-state index in [9.17, 15) is 0 Å². The molecule has 2 nitrogen and oxygen atoms in total. The predicted octanol–water partition coefficient (Wildman–Crippen LogP) is 2.83. The highest BCUT2D eigenvalue weighted by molar-refractivity contribution is 7.10. The molecule has 0 bridgehead atoms. The van der Waals surface area contributed by atoms with Crippen molar-refractivity contribution in [3.05, 3.63) is 21.3 Å². The van der Waals surface area contributed by atoms with Gasteiger partial charge in [-0.2, -0.15) is 0 Å². The lowest BCUT2D eigenvalue weighted by Crippen LogP contribution is -2.25. The van der Waals surface area contributed by atoms with E-state index in [-0.39, 0.29) is 12.1 Å². The van der Waals surface area contributed by atoms with Gasteiger partial charge < -0.3 is 10.5 Å². The summed E-state index contributed by atoms with van der Waals surface area (Å²) in [5, 5.41) is 2.68. The van der Waals surface area contributed by atoms with Crippen molar-refractivity contribution in [3.8, 4) is 0 Å². The lowest BCUT2D eigenvalue weighted by atomic mass is 10.1. The van der Waals surface area contributed by atoms with Crippen LogP contribution in [0.25, 0.3) is 0 Å². The smallest absolute Gasteiger partial charge is 0.0747 e. The average Bonchev–Trinajstić information content (AvgIpc) is 2.50. The molecule has 0 amide bonds. The first-order chi connectivity index (χ1) is 6.16. The molecule has 0 radical (unpaired) electrons. The molecule has 0 saturated carbocycles. The van der Waals surface area contributed by atoms with E-state index in [0.717, 1.165) is 9.90 Å². The SMILES string of the molecule is CCOC(C)C(N)c1sccc1Cl. The van der Waals surface area contributed by atoms with Crippen LogP contribution >= 0.6 is 22.9 Å². The Hall–Kier alpha value is -0.0900. The van der Waals surface area contributed by atoms with Crippen LogP contribution in [-0.4, -0.2) is 12.7 Å². The zero-order valence-corrected chi connectivity index (χ0v) is 9.36. The zero-order valence-electron chi connectivity index (χ0n) is 7.79. The molecule has 2 unspecified atom stereocenters. The van der Waals surface area contributed by atoms with Crippen molar-refractivity contribution < 1.29 is 4.74 Å². The van der Waals surface area contributed by atoms with Crippen LogP contribution in [0.5, 0.6) is 0 Å². The van der Waals surface area contributed by atoms with Crippen LogP contribution in [0.1, 0.15) is 24.8 Å². The Bertz CT molecular complexity index is 264. The Morgan fingerprint density at radius 3 is 2.85 bits per heavy atom. The van der Waals surface area contributed by atoms with Crippen LogP contribution in [0.4, 0.5) is 0 Å². The van der Waals surface area contributed by atoms with E-state index in [1.807, 2.05) is 25.3 Å². The summed E-state index contributed by atoms with van der Waals surface area (Å²) < 4.78 is 5.41. The molecule has 74 valence electrons. The molecule has 4 heteroatoms. The van der Waals surface area contributed by atoms with Crippen LogP contribution in [0, 0.1) is 0 Å². The maximum absolute atomic E-state index is 5.97. The monoisotopic (exact) mass is 219 g/mol. The van der Waals surface area contributed by atoms with Crippen LogP contribution in [0.2, 0.25) is 5.02 Å². The van der Waals surface area contributed by atoms with Gasteiger partial charge >= 0.3 is 0 Å². The molecule has 13 heavy (non-hydrogen) atoms. The third-order valence-corrected chi connectivity index (χ3v) is 3.34. The number of ether oxygens (including phenoxy) is 1. The Labute approximate surface area is 87.7 Å². The number of hydrogen-bond donors (Lipinski definition) is 1. The van der Waals surface area contributed by atoms with Crippen molar-refractivity contribution in [1.29, 1.82) is 0 Å². The van der Waals surface area contributed by atoms with Crippen molar-refractivity contribution in [3.63, 3.8) is 0 Å². The number of hydrogen-bond acceptors (Lipinski definition) is 3. The van der Waals surface area contributed by atoms with Gasteiger partial charge in [-0.25, -0.2) is 0 Å². The molecule has 2 atom stereocenters. The normalized spacial score (nSPS) is 15.7. The molecule has 0 aliphatic carbocycles. The van der Waals surface area contributed by atoms with Crippen molar-refractivity contribution in [1.82, 2.24) is 0 Å². The van der Waals surface area contributed by atoms with Crippen LogP contribution in [0.15, 0.2) is 11.4 Å². The molecule has 1 aromatic heterocycles. The Morgan fingerprint density at radius 2 is 2.38 bits per heavy atom. The van der Waals surface area contributed by atoms with Gasteiger partial charge in [-0.3, -0.25) is 0 Å². The molecular formula is C9H14ClNOS. The third kappa shape index (κ3) is 2.68. The Balaban J connectivity index is 2.67. The van der Waals surface area contributed by atoms with E-state index in [4.69, 9.17) is 22.1 Å². The Kier molecular flexibility index (Phi) is 4.19. The molecule has 1 heterocycles. The molecule has 2 N–H and O–H groups in total. The second kappa shape index (κ2) is 4.96. The fourth-order valence-electron chi connectivity index (χ4n) is 1.12. The molecule has 0 aromatic carbocycles. The molecule has 0 spiro atoms. The molecular weight excluding hydrogens is 206 g/mol. The standard InChI is InChI=1S/C9H14ClNOS/c1-3-12-6(2)8(11)9-7(10)4-5-13-9/h4-6,8H,3,11H2,1-2H3. The maximum Gasteiger partial charge on any atom is 0.0747 e. The van der Waals surface area contributed by atoms with Gasteiger partial charge in [-0.1, -0.05) is 11.6 Å².